The summed E-state index contributed by atoms with van der Waals surface area (Å²) in [5.74, 6) is 2.15. The van der Waals surface area contributed by atoms with Crippen molar-refractivity contribution in [3.8, 4) is 0 Å². The number of hydrogen-bond donors (Lipinski definition) is 1. The van der Waals surface area contributed by atoms with E-state index < -0.39 is 5.60 Å². The number of hydrogen-bond acceptors (Lipinski definition) is 4. The van der Waals surface area contributed by atoms with Crippen LogP contribution in [0.15, 0.2) is 27.5 Å². The number of allylic oxidation sites excluding steroid dienone is 2. The number of aliphatic hydroxyl groups is 1. The van der Waals surface area contributed by atoms with E-state index in [1.54, 1.807) is 13.8 Å². The number of halogens is 1. The maximum atomic E-state index is 9.93. The molecular weight excluding hydrogens is 382 g/mol. The minimum Gasteiger partial charge on any atom is -0.488 e. The van der Waals surface area contributed by atoms with Crippen molar-refractivity contribution in [2.24, 2.45) is 10.9 Å². The Kier molecular flexibility index (Phi) is 8.64. The number of likely N-dealkylation sites (tertiary alicyclic amines) is 1. The summed E-state index contributed by atoms with van der Waals surface area (Å²) in [5, 5.41) is 9.93. The average molecular weight is 416 g/mol. The van der Waals surface area contributed by atoms with Crippen LogP contribution in [-0.4, -0.2) is 66.7 Å². The molecule has 0 spiro atoms. The fourth-order valence-corrected chi connectivity index (χ4v) is 3.17. The third kappa shape index (κ3) is 7.50. The number of rotatable bonds is 7. The molecule has 0 aromatic rings. The monoisotopic (exact) mass is 415 g/mol. The lowest BCUT2D eigenvalue weighted by Crippen LogP contribution is -2.40. The van der Waals surface area contributed by atoms with Crippen molar-refractivity contribution in [1.29, 1.82) is 0 Å². The third-order valence-corrected chi connectivity index (χ3v) is 4.74. The summed E-state index contributed by atoms with van der Waals surface area (Å²) in [7, 11) is 4.25. The molecule has 0 aromatic heterocycles. The Morgan fingerprint density at radius 2 is 1.96 bits per heavy atom. The number of aliphatic imine (C=N–C) groups is 1. The lowest BCUT2D eigenvalue weighted by atomic mass is 9.95. The summed E-state index contributed by atoms with van der Waals surface area (Å²) < 4.78 is 6.44. The van der Waals surface area contributed by atoms with Crippen LogP contribution in [0.3, 0.4) is 0 Å². The summed E-state index contributed by atoms with van der Waals surface area (Å²) in [5.41, 5.74) is -0.130. The Morgan fingerprint density at radius 3 is 2.40 bits per heavy atom. The second-order valence-corrected chi connectivity index (χ2v) is 8.44. The molecule has 1 aliphatic heterocycles. The zero-order valence-corrected chi connectivity index (χ0v) is 18.2. The molecule has 0 atom stereocenters. The minimum atomic E-state index is -0.908. The van der Waals surface area contributed by atoms with Gasteiger partial charge in [0.05, 0.1) is 15.8 Å². The van der Waals surface area contributed by atoms with Crippen LogP contribution < -0.4 is 0 Å². The van der Waals surface area contributed by atoms with Crippen LogP contribution in [0.25, 0.3) is 0 Å². The zero-order valence-electron chi connectivity index (χ0n) is 16.6. The van der Waals surface area contributed by atoms with Gasteiger partial charge in [-0.15, -0.1) is 0 Å². The number of ether oxygens (including phenoxy) is 1. The van der Waals surface area contributed by atoms with Crippen molar-refractivity contribution in [1.82, 2.24) is 9.80 Å². The van der Waals surface area contributed by atoms with Crippen molar-refractivity contribution < 1.29 is 9.84 Å². The van der Waals surface area contributed by atoms with Gasteiger partial charge in [0.25, 0.3) is 0 Å². The van der Waals surface area contributed by atoms with Crippen LogP contribution in [-0.2, 0) is 4.74 Å². The number of nitrogens with zero attached hydrogens (tertiary/aromatic N) is 3. The Bertz CT molecular complexity index is 515. The average Bonchev–Trinajstić information content (AvgIpc) is 2.51. The fourth-order valence-electron chi connectivity index (χ4n) is 2.77. The molecule has 1 saturated heterocycles. The Hall–Kier alpha value is -0.850. The minimum absolute atomic E-state index is 0.187. The molecule has 25 heavy (non-hydrogen) atoms. The first-order valence-corrected chi connectivity index (χ1v) is 9.73. The quantitative estimate of drug-likeness (QED) is 0.298. The van der Waals surface area contributed by atoms with Gasteiger partial charge in [0.2, 0.25) is 0 Å². The van der Waals surface area contributed by atoms with Crippen LogP contribution in [0, 0.1) is 5.92 Å². The van der Waals surface area contributed by atoms with Gasteiger partial charge in [0.1, 0.15) is 12.4 Å². The molecule has 144 valence electrons. The van der Waals surface area contributed by atoms with Crippen molar-refractivity contribution in [2.75, 3.05) is 40.3 Å². The van der Waals surface area contributed by atoms with Gasteiger partial charge in [-0.2, -0.15) is 0 Å². The molecule has 6 heteroatoms. The van der Waals surface area contributed by atoms with E-state index in [9.17, 15) is 5.11 Å². The van der Waals surface area contributed by atoms with Crippen molar-refractivity contribution in [3.05, 3.63) is 22.5 Å². The first kappa shape index (κ1) is 22.2. The van der Waals surface area contributed by atoms with Crippen molar-refractivity contribution in [3.63, 3.8) is 0 Å². The van der Waals surface area contributed by atoms with Crippen molar-refractivity contribution in [2.45, 2.75) is 46.1 Å². The van der Waals surface area contributed by atoms with E-state index in [0.717, 1.165) is 44.0 Å². The highest BCUT2D eigenvalue weighted by Gasteiger charge is 2.24. The molecule has 0 radical (unpaired) electrons. The van der Waals surface area contributed by atoms with E-state index in [0.29, 0.717) is 16.2 Å². The van der Waals surface area contributed by atoms with Crippen LogP contribution in [0.2, 0.25) is 0 Å². The highest BCUT2D eigenvalue weighted by molar-refractivity contribution is 9.11. The molecule has 0 aliphatic carbocycles. The largest absolute Gasteiger partial charge is 0.488 e. The fraction of sp³-hybridized carbons (Fsp3) is 0.737. The molecule has 0 aromatic carbocycles. The second-order valence-electron chi connectivity index (χ2n) is 7.48. The summed E-state index contributed by atoms with van der Waals surface area (Å²) in [6.07, 6.45) is 2.23. The Labute approximate surface area is 161 Å². The lowest BCUT2D eigenvalue weighted by molar-refractivity contribution is 0.00494. The molecule has 0 bridgehead atoms. The van der Waals surface area contributed by atoms with Gasteiger partial charge in [-0.25, -0.2) is 4.99 Å². The molecule has 1 aliphatic rings. The van der Waals surface area contributed by atoms with Gasteiger partial charge in [0, 0.05) is 19.5 Å². The Morgan fingerprint density at radius 1 is 1.40 bits per heavy atom. The molecule has 0 unspecified atom stereocenters. The molecular formula is C19H34BrN3O2. The topological polar surface area (TPSA) is 48.3 Å². The first-order valence-electron chi connectivity index (χ1n) is 8.94. The standard InChI is InChI=1S/C19H34BrN3O2/c1-8-23(7)18(16-9-11-22(6)12-10-16)21-15(3)17(14(2)20)25-13-19(4,5)24/h16,24H,2,8-13H2,1,3-7H3/b17-15-,21-18-. The lowest BCUT2D eigenvalue weighted by Gasteiger charge is -2.33. The van der Waals surface area contributed by atoms with Gasteiger partial charge >= 0.3 is 0 Å². The van der Waals surface area contributed by atoms with E-state index in [1.165, 1.54) is 0 Å². The third-order valence-electron chi connectivity index (χ3n) is 4.38. The predicted molar refractivity (Wildman–Crippen MR) is 109 cm³/mol. The first-order chi connectivity index (χ1) is 11.5. The van der Waals surface area contributed by atoms with Crippen LogP contribution in [0.4, 0.5) is 0 Å². The number of piperidine rings is 1. The van der Waals surface area contributed by atoms with Gasteiger partial charge in [-0.05, 0) is 76.6 Å². The summed E-state index contributed by atoms with van der Waals surface area (Å²) >= 11 is 3.41. The predicted octanol–water partition coefficient (Wildman–Crippen LogP) is 3.61. The van der Waals surface area contributed by atoms with Crippen LogP contribution in [0.1, 0.15) is 40.5 Å². The van der Waals surface area contributed by atoms with E-state index in [4.69, 9.17) is 9.73 Å². The highest BCUT2D eigenvalue weighted by atomic mass is 79.9. The summed E-state index contributed by atoms with van der Waals surface area (Å²) in [4.78, 5) is 9.50. The Balaban J connectivity index is 3.11. The molecule has 5 nitrogen and oxygen atoms in total. The van der Waals surface area contributed by atoms with E-state index in [1.807, 2.05) is 6.92 Å². The normalized spacial score (nSPS) is 18.8. The molecule has 0 saturated carbocycles. The SMILES string of the molecule is C=C(Br)/C(OCC(C)(C)O)=C(C)/N=C(/C1CCN(C)CC1)N(C)CC. The summed E-state index contributed by atoms with van der Waals surface area (Å²) in [6, 6.07) is 0. The van der Waals surface area contributed by atoms with Crippen molar-refractivity contribution >= 4 is 21.8 Å². The maximum absolute atomic E-state index is 9.93. The molecule has 1 heterocycles. The summed E-state index contributed by atoms with van der Waals surface area (Å²) in [6.45, 7) is 14.7. The van der Waals surface area contributed by atoms with E-state index in [2.05, 4.69) is 53.3 Å². The second kappa shape index (κ2) is 9.74. The molecule has 0 amide bonds. The van der Waals surface area contributed by atoms with E-state index in [-0.39, 0.29) is 6.61 Å². The van der Waals surface area contributed by atoms with Gasteiger partial charge < -0.3 is 19.6 Å². The molecule has 1 N–H and O–H groups in total. The van der Waals surface area contributed by atoms with Crippen LogP contribution in [0.5, 0.6) is 0 Å². The van der Waals surface area contributed by atoms with Gasteiger partial charge in [0.15, 0.2) is 5.76 Å². The smallest absolute Gasteiger partial charge is 0.154 e. The zero-order chi connectivity index (χ0) is 19.2. The van der Waals surface area contributed by atoms with Crippen LogP contribution >= 0.6 is 15.9 Å². The molecule has 1 fully saturated rings. The number of amidine groups is 1. The maximum Gasteiger partial charge on any atom is 0.154 e. The van der Waals surface area contributed by atoms with Gasteiger partial charge in [-0.1, -0.05) is 6.58 Å². The van der Waals surface area contributed by atoms with E-state index >= 15 is 0 Å². The van der Waals surface area contributed by atoms with Gasteiger partial charge in [-0.3, -0.25) is 0 Å². The highest BCUT2D eigenvalue weighted by Crippen LogP contribution is 2.25. The molecule has 1 rings (SSSR count).